The number of halogens is 3. The third-order valence-corrected chi connectivity index (χ3v) is 2.58. The lowest BCUT2D eigenvalue weighted by atomic mass is 10.2. The van der Waals surface area contributed by atoms with E-state index in [-0.39, 0.29) is 11.6 Å². The average molecular weight is 277 g/mol. The lowest BCUT2D eigenvalue weighted by Crippen LogP contribution is -2.34. The molecule has 0 aliphatic rings. The quantitative estimate of drug-likeness (QED) is 0.830. The van der Waals surface area contributed by atoms with Gasteiger partial charge in [0, 0.05) is 12.7 Å². The molecule has 1 heterocycles. The summed E-state index contributed by atoms with van der Waals surface area (Å²) in [6, 6.07) is 2.81. The second-order valence-electron chi connectivity index (χ2n) is 4.51. The molecule has 0 aliphatic heterocycles. The van der Waals surface area contributed by atoms with Crippen LogP contribution in [0.3, 0.4) is 0 Å². The van der Waals surface area contributed by atoms with Crippen LogP contribution < -0.4 is 10.6 Å². The van der Waals surface area contributed by atoms with E-state index in [1.807, 2.05) is 6.92 Å². The molecule has 0 aromatic carbocycles. The minimum absolute atomic E-state index is 0.0222. The Bertz CT molecular complexity index is 415. The molecule has 1 unspecified atom stereocenters. The van der Waals surface area contributed by atoms with Crippen molar-refractivity contribution in [2.24, 2.45) is 5.92 Å². The number of alkyl halides is 3. The molecule has 4 nitrogen and oxygen atoms in total. The molecular weight excluding hydrogens is 259 g/mol. The molecular formula is C12H18F3N3O. The number of hydrogen-bond acceptors (Lipinski definition) is 2. The van der Waals surface area contributed by atoms with Gasteiger partial charge < -0.3 is 15.2 Å². The summed E-state index contributed by atoms with van der Waals surface area (Å²) in [6.07, 6.45) is -3.09. The summed E-state index contributed by atoms with van der Waals surface area (Å²) in [6.45, 7) is 1.92. The highest BCUT2D eigenvalue weighted by atomic mass is 19.4. The predicted molar refractivity (Wildman–Crippen MR) is 65.9 cm³/mol. The molecule has 0 spiro atoms. The van der Waals surface area contributed by atoms with E-state index in [1.54, 1.807) is 7.05 Å². The Morgan fingerprint density at radius 3 is 2.68 bits per heavy atom. The van der Waals surface area contributed by atoms with Crippen molar-refractivity contribution in [3.63, 3.8) is 0 Å². The van der Waals surface area contributed by atoms with Gasteiger partial charge in [-0.3, -0.25) is 4.79 Å². The third kappa shape index (κ3) is 5.34. The predicted octanol–water partition coefficient (Wildman–Crippen LogP) is 1.64. The Morgan fingerprint density at radius 2 is 2.11 bits per heavy atom. The van der Waals surface area contributed by atoms with Gasteiger partial charge in [0.25, 0.3) is 5.91 Å². The summed E-state index contributed by atoms with van der Waals surface area (Å²) in [4.78, 5) is 11.8. The highest BCUT2D eigenvalue weighted by Crippen LogP contribution is 2.18. The van der Waals surface area contributed by atoms with Gasteiger partial charge in [-0.2, -0.15) is 13.2 Å². The summed E-state index contributed by atoms with van der Waals surface area (Å²) < 4.78 is 37.8. The molecule has 1 rings (SSSR count). The highest BCUT2D eigenvalue weighted by Gasteiger charge is 2.29. The van der Waals surface area contributed by atoms with Crippen LogP contribution in [-0.4, -0.2) is 36.8 Å². The Hall–Kier alpha value is -1.50. The summed E-state index contributed by atoms with van der Waals surface area (Å²) in [5.41, 5.74) is 0.0222. The molecule has 2 N–H and O–H groups in total. The maximum absolute atomic E-state index is 12.3. The van der Waals surface area contributed by atoms with Crippen LogP contribution in [0, 0.1) is 5.92 Å². The molecule has 0 aliphatic carbocycles. The van der Waals surface area contributed by atoms with Crippen molar-refractivity contribution in [3.05, 3.63) is 24.0 Å². The van der Waals surface area contributed by atoms with E-state index in [1.165, 1.54) is 18.3 Å². The van der Waals surface area contributed by atoms with Gasteiger partial charge in [0.15, 0.2) is 0 Å². The number of aromatic nitrogens is 1. The standard InChI is InChI=1S/C12H18F3N3O/c1-9(6-16-2)7-17-11(19)10-4-3-5-18(10)8-12(13,14)15/h3-5,9,16H,6-8H2,1-2H3,(H,17,19). The number of rotatable bonds is 6. The molecule has 0 fully saturated rings. The maximum Gasteiger partial charge on any atom is 0.406 e. The molecule has 1 aromatic heterocycles. The van der Waals surface area contributed by atoms with Crippen LogP contribution in [0.1, 0.15) is 17.4 Å². The van der Waals surface area contributed by atoms with Crippen LogP contribution in [0.5, 0.6) is 0 Å². The van der Waals surface area contributed by atoms with Crippen molar-refractivity contribution in [1.82, 2.24) is 15.2 Å². The number of nitrogens with one attached hydrogen (secondary N) is 2. The van der Waals surface area contributed by atoms with Crippen LogP contribution in [0.25, 0.3) is 0 Å². The molecule has 0 saturated carbocycles. The number of hydrogen-bond donors (Lipinski definition) is 2. The first-order valence-electron chi connectivity index (χ1n) is 5.98. The van der Waals surface area contributed by atoms with Crippen molar-refractivity contribution in [2.75, 3.05) is 20.1 Å². The van der Waals surface area contributed by atoms with E-state index >= 15 is 0 Å². The smallest absolute Gasteiger partial charge is 0.350 e. The second kappa shape index (κ2) is 6.60. The van der Waals surface area contributed by atoms with Gasteiger partial charge in [0.1, 0.15) is 12.2 Å². The van der Waals surface area contributed by atoms with E-state index in [4.69, 9.17) is 0 Å². The van der Waals surface area contributed by atoms with Gasteiger partial charge in [-0.1, -0.05) is 6.92 Å². The zero-order chi connectivity index (χ0) is 14.5. The second-order valence-corrected chi connectivity index (χ2v) is 4.51. The molecule has 0 bridgehead atoms. The number of amides is 1. The van der Waals surface area contributed by atoms with Gasteiger partial charge in [-0.25, -0.2) is 0 Å². The first kappa shape index (κ1) is 15.6. The summed E-state index contributed by atoms with van der Waals surface area (Å²) >= 11 is 0. The first-order chi connectivity index (χ1) is 8.83. The monoisotopic (exact) mass is 277 g/mol. The molecule has 1 atom stereocenters. The Morgan fingerprint density at radius 1 is 1.42 bits per heavy atom. The minimum Gasteiger partial charge on any atom is -0.350 e. The summed E-state index contributed by atoms with van der Waals surface area (Å²) in [7, 11) is 1.80. The van der Waals surface area contributed by atoms with Gasteiger partial charge in [0.2, 0.25) is 0 Å². The van der Waals surface area contributed by atoms with Crippen LogP contribution in [0.2, 0.25) is 0 Å². The first-order valence-corrected chi connectivity index (χ1v) is 5.98. The number of carbonyl (C=O) groups excluding carboxylic acids is 1. The fraction of sp³-hybridized carbons (Fsp3) is 0.583. The van der Waals surface area contributed by atoms with Crippen molar-refractivity contribution in [2.45, 2.75) is 19.6 Å². The zero-order valence-corrected chi connectivity index (χ0v) is 10.9. The number of nitrogens with zero attached hydrogens (tertiary/aromatic N) is 1. The number of carbonyl (C=O) groups is 1. The van der Waals surface area contributed by atoms with E-state index < -0.39 is 18.6 Å². The van der Waals surface area contributed by atoms with Gasteiger partial charge in [0.05, 0.1) is 0 Å². The fourth-order valence-electron chi connectivity index (χ4n) is 1.73. The molecule has 7 heteroatoms. The normalized spacial score (nSPS) is 13.3. The molecule has 1 aromatic rings. The van der Waals surface area contributed by atoms with E-state index in [9.17, 15) is 18.0 Å². The maximum atomic E-state index is 12.3. The Labute approximate surface area is 110 Å². The zero-order valence-electron chi connectivity index (χ0n) is 10.9. The van der Waals surface area contributed by atoms with Gasteiger partial charge >= 0.3 is 6.18 Å². The third-order valence-electron chi connectivity index (χ3n) is 2.58. The molecule has 0 saturated heterocycles. The van der Waals surface area contributed by atoms with Gasteiger partial charge in [-0.15, -0.1) is 0 Å². The molecule has 19 heavy (non-hydrogen) atoms. The largest absolute Gasteiger partial charge is 0.406 e. The topological polar surface area (TPSA) is 46.1 Å². The van der Waals surface area contributed by atoms with Gasteiger partial charge in [-0.05, 0) is 31.6 Å². The van der Waals surface area contributed by atoms with E-state index in [0.29, 0.717) is 6.54 Å². The Kier molecular flexibility index (Phi) is 5.41. The lowest BCUT2D eigenvalue weighted by molar-refractivity contribution is -0.140. The van der Waals surface area contributed by atoms with Crippen LogP contribution in [-0.2, 0) is 6.54 Å². The van der Waals surface area contributed by atoms with Crippen molar-refractivity contribution >= 4 is 5.91 Å². The fourth-order valence-corrected chi connectivity index (χ4v) is 1.73. The van der Waals surface area contributed by atoms with Crippen LogP contribution in [0.15, 0.2) is 18.3 Å². The summed E-state index contributed by atoms with van der Waals surface area (Å²) in [5.74, 6) is -0.280. The average Bonchev–Trinajstić information content (AvgIpc) is 2.72. The van der Waals surface area contributed by atoms with Crippen molar-refractivity contribution in [1.29, 1.82) is 0 Å². The van der Waals surface area contributed by atoms with E-state index in [0.717, 1.165) is 11.1 Å². The Balaban J connectivity index is 2.60. The van der Waals surface area contributed by atoms with Crippen LogP contribution in [0.4, 0.5) is 13.2 Å². The summed E-state index contributed by atoms with van der Waals surface area (Å²) in [5, 5.41) is 5.59. The minimum atomic E-state index is -4.34. The highest BCUT2D eigenvalue weighted by molar-refractivity contribution is 5.92. The molecule has 1 amide bonds. The van der Waals surface area contributed by atoms with Crippen molar-refractivity contribution in [3.8, 4) is 0 Å². The van der Waals surface area contributed by atoms with Crippen molar-refractivity contribution < 1.29 is 18.0 Å². The molecule has 108 valence electrons. The lowest BCUT2D eigenvalue weighted by Gasteiger charge is -2.14. The van der Waals surface area contributed by atoms with E-state index in [2.05, 4.69) is 10.6 Å². The SMILES string of the molecule is CNCC(C)CNC(=O)c1cccn1CC(F)(F)F. The molecule has 0 radical (unpaired) electrons. The van der Waals surface area contributed by atoms with Crippen LogP contribution >= 0.6 is 0 Å².